The van der Waals surface area contributed by atoms with Crippen LogP contribution in [0.3, 0.4) is 0 Å². The number of carbonyl (C=O) groups is 1. The maximum Gasteiger partial charge on any atom is 0.234 e. The molecule has 22 heavy (non-hydrogen) atoms. The van der Waals surface area contributed by atoms with Crippen molar-refractivity contribution in [2.45, 2.75) is 38.0 Å². The highest BCUT2D eigenvalue weighted by Crippen LogP contribution is 2.26. The average Bonchev–Trinajstić information content (AvgIpc) is 2.54. The third-order valence-corrected chi connectivity index (χ3v) is 3.82. The standard InChI is InChI=1S/C17H26N2O3/c1-13(19-16(20)12-18-2)17(14-6-4-3-5-7-14)22-15-8-10-21-11-9-15/h3-7,13,15,17-18H,8-12H2,1-2H3,(H,19,20). The molecule has 1 aliphatic rings. The zero-order valence-corrected chi connectivity index (χ0v) is 13.4. The molecule has 2 N–H and O–H groups in total. The third-order valence-electron chi connectivity index (χ3n) is 3.82. The zero-order chi connectivity index (χ0) is 15.8. The molecule has 1 saturated heterocycles. The SMILES string of the molecule is CNCC(=O)NC(C)C(OC1CCOCC1)c1ccccc1. The van der Waals surface area contributed by atoms with E-state index in [4.69, 9.17) is 9.47 Å². The number of hydrogen-bond donors (Lipinski definition) is 2. The Labute approximate surface area is 132 Å². The highest BCUT2D eigenvalue weighted by molar-refractivity contribution is 5.78. The van der Waals surface area contributed by atoms with Gasteiger partial charge in [0.25, 0.3) is 0 Å². The summed E-state index contributed by atoms with van der Waals surface area (Å²) in [5.74, 6) is -0.0218. The first-order chi connectivity index (χ1) is 10.7. The summed E-state index contributed by atoms with van der Waals surface area (Å²) in [7, 11) is 1.76. The fraction of sp³-hybridized carbons (Fsp3) is 0.588. The number of ether oxygens (including phenoxy) is 2. The van der Waals surface area contributed by atoms with Gasteiger partial charge in [0.1, 0.15) is 6.10 Å². The van der Waals surface area contributed by atoms with Crippen LogP contribution in [0, 0.1) is 0 Å². The predicted molar refractivity (Wildman–Crippen MR) is 85.6 cm³/mol. The van der Waals surface area contributed by atoms with Crippen LogP contribution < -0.4 is 10.6 Å². The molecule has 5 nitrogen and oxygen atoms in total. The number of carbonyl (C=O) groups excluding carboxylic acids is 1. The molecule has 2 atom stereocenters. The van der Waals surface area contributed by atoms with Crippen molar-refractivity contribution in [3.63, 3.8) is 0 Å². The monoisotopic (exact) mass is 306 g/mol. The van der Waals surface area contributed by atoms with E-state index in [1.165, 1.54) is 0 Å². The summed E-state index contributed by atoms with van der Waals surface area (Å²) in [5.41, 5.74) is 1.09. The summed E-state index contributed by atoms with van der Waals surface area (Å²) < 4.78 is 11.7. The van der Waals surface area contributed by atoms with Crippen LogP contribution >= 0.6 is 0 Å². The predicted octanol–water partition coefficient (Wildman–Crippen LogP) is 1.65. The summed E-state index contributed by atoms with van der Waals surface area (Å²) >= 11 is 0. The summed E-state index contributed by atoms with van der Waals surface area (Å²) in [6, 6.07) is 9.98. The Kier molecular flexibility index (Phi) is 6.83. The van der Waals surface area contributed by atoms with E-state index < -0.39 is 0 Å². The van der Waals surface area contributed by atoms with Crippen molar-refractivity contribution < 1.29 is 14.3 Å². The number of hydrogen-bond acceptors (Lipinski definition) is 4. The molecular formula is C17H26N2O3. The summed E-state index contributed by atoms with van der Waals surface area (Å²) in [5, 5.41) is 5.87. The van der Waals surface area contributed by atoms with Gasteiger partial charge in [-0.25, -0.2) is 0 Å². The van der Waals surface area contributed by atoms with Gasteiger partial charge in [-0.2, -0.15) is 0 Å². The lowest BCUT2D eigenvalue weighted by atomic mass is 10.0. The number of benzene rings is 1. The second-order valence-corrected chi connectivity index (χ2v) is 5.67. The largest absolute Gasteiger partial charge is 0.381 e. The van der Waals surface area contributed by atoms with Crippen LogP contribution in [0.4, 0.5) is 0 Å². The van der Waals surface area contributed by atoms with Crippen LogP contribution in [0.25, 0.3) is 0 Å². The first-order valence-corrected chi connectivity index (χ1v) is 7.93. The molecule has 5 heteroatoms. The highest BCUT2D eigenvalue weighted by atomic mass is 16.5. The van der Waals surface area contributed by atoms with Gasteiger partial charge >= 0.3 is 0 Å². The second kappa shape index (κ2) is 8.88. The molecule has 0 spiro atoms. The minimum absolute atomic E-state index is 0.0218. The molecule has 0 aliphatic carbocycles. The van der Waals surface area contributed by atoms with Crippen molar-refractivity contribution in [1.82, 2.24) is 10.6 Å². The van der Waals surface area contributed by atoms with E-state index >= 15 is 0 Å². The van der Waals surface area contributed by atoms with Gasteiger partial charge < -0.3 is 20.1 Å². The van der Waals surface area contributed by atoms with Crippen LogP contribution in [0.5, 0.6) is 0 Å². The molecule has 2 unspecified atom stereocenters. The molecule has 2 rings (SSSR count). The van der Waals surface area contributed by atoms with Gasteiger partial charge in [0, 0.05) is 13.2 Å². The van der Waals surface area contributed by atoms with E-state index in [-0.39, 0.29) is 24.2 Å². The van der Waals surface area contributed by atoms with Crippen molar-refractivity contribution in [2.75, 3.05) is 26.8 Å². The van der Waals surface area contributed by atoms with E-state index in [0.717, 1.165) is 31.6 Å². The van der Waals surface area contributed by atoms with Crippen LogP contribution in [-0.4, -0.2) is 44.9 Å². The molecule has 0 radical (unpaired) electrons. The minimum Gasteiger partial charge on any atom is -0.381 e. The lowest BCUT2D eigenvalue weighted by Gasteiger charge is -2.31. The van der Waals surface area contributed by atoms with Gasteiger partial charge in [-0.05, 0) is 32.4 Å². The average molecular weight is 306 g/mol. The molecule has 0 bridgehead atoms. The van der Waals surface area contributed by atoms with Gasteiger partial charge in [0.05, 0.1) is 18.7 Å². The second-order valence-electron chi connectivity index (χ2n) is 5.67. The quantitative estimate of drug-likeness (QED) is 0.804. The number of nitrogens with one attached hydrogen (secondary N) is 2. The van der Waals surface area contributed by atoms with E-state index in [0.29, 0.717) is 6.54 Å². The third kappa shape index (κ3) is 5.09. The molecule has 122 valence electrons. The van der Waals surface area contributed by atoms with Gasteiger partial charge in [-0.1, -0.05) is 30.3 Å². The summed E-state index contributed by atoms with van der Waals surface area (Å²) in [6.45, 7) is 3.78. The Hall–Kier alpha value is -1.43. The van der Waals surface area contributed by atoms with Crippen molar-refractivity contribution in [3.8, 4) is 0 Å². The van der Waals surface area contributed by atoms with E-state index in [1.807, 2.05) is 37.3 Å². The Balaban J connectivity index is 2.05. The highest BCUT2D eigenvalue weighted by Gasteiger charge is 2.26. The van der Waals surface area contributed by atoms with E-state index in [1.54, 1.807) is 7.05 Å². The fourth-order valence-corrected chi connectivity index (χ4v) is 2.69. The minimum atomic E-state index is -0.148. The van der Waals surface area contributed by atoms with E-state index in [2.05, 4.69) is 10.6 Å². The van der Waals surface area contributed by atoms with Crippen molar-refractivity contribution in [3.05, 3.63) is 35.9 Å². The van der Waals surface area contributed by atoms with E-state index in [9.17, 15) is 4.79 Å². The van der Waals surface area contributed by atoms with Crippen LogP contribution in [0.2, 0.25) is 0 Å². The smallest absolute Gasteiger partial charge is 0.234 e. The fourth-order valence-electron chi connectivity index (χ4n) is 2.69. The molecular weight excluding hydrogens is 280 g/mol. The van der Waals surface area contributed by atoms with Gasteiger partial charge in [0.2, 0.25) is 5.91 Å². The maximum atomic E-state index is 11.8. The maximum absolute atomic E-state index is 11.8. The molecule has 1 heterocycles. The van der Waals surface area contributed by atoms with Gasteiger partial charge in [0.15, 0.2) is 0 Å². The summed E-state index contributed by atoms with van der Waals surface area (Å²) in [4.78, 5) is 11.8. The number of rotatable bonds is 7. The summed E-state index contributed by atoms with van der Waals surface area (Å²) in [6.07, 6.45) is 1.84. The first-order valence-electron chi connectivity index (χ1n) is 7.93. The Morgan fingerprint density at radius 1 is 1.32 bits per heavy atom. The van der Waals surface area contributed by atoms with Gasteiger partial charge in [-0.3, -0.25) is 4.79 Å². The lowest BCUT2D eigenvalue weighted by Crippen LogP contribution is -2.43. The van der Waals surface area contributed by atoms with Crippen LogP contribution in [-0.2, 0) is 14.3 Å². The molecule has 1 amide bonds. The zero-order valence-electron chi connectivity index (χ0n) is 13.4. The van der Waals surface area contributed by atoms with Crippen LogP contribution in [0.1, 0.15) is 31.4 Å². The Morgan fingerprint density at radius 2 is 2.00 bits per heavy atom. The Morgan fingerprint density at radius 3 is 2.64 bits per heavy atom. The van der Waals surface area contributed by atoms with Crippen molar-refractivity contribution in [1.29, 1.82) is 0 Å². The number of likely N-dealkylation sites (N-methyl/N-ethyl adjacent to an activating group) is 1. The van der Waals surface area contributed by atoms with Crippen LogP contribution in [0.15, 0.2) is 30.3 Å². The normalized spacial score (nSPS) is 18.6. The first kappa shape index (κ1) is 16.9. The Bertz CT molecular complexity index is 446. The van der Waals surface area contributed by atoms with Crippen molar-refractivity contribution >= 4 is 5.91 Å². The molecule has 1 fully saturated rings. The molecule has 0 aromatic heterocycles. The number of amides is 1. The molecule has 0 saturated carbocycles. The molecule has 1 aliphatic heterocycles. The van der Waals surface area contributed by atoms with Crippen molar-refractivity contribution in [2.24, 2.45) is 0 Å². The molecule has 1 aromatic carbocycles. The van der Waals surface area contributed by atoms with Gasteiger partial charge in [-0.15, -0.1) is 0 Å². The topological polar surface area (TPSA) is 59.6 Å². The molecule has 1 aromatic rings. The lowest BCUT2D eigenvalue weighted by molar-refractivity contribution is -0.124.